The molecule has 9 heteroatoms. The van der Waals surface area contributed by atoms with Gasteiger partial charge in [-0.3, -0.25) is 4.79 Å². The fraction of sp³-hybridized carbons (Fsp3) is 0.429. The van der Waals surface area contributed by atoms with Crippen molar-refractivity contribution in [2.75, 3.05) is 26.2 Å². The maximum Gasteiger partial charge on any atom is 0.250 e. The summed E-state index contributed by atoms with van der Waals surface area (Å²) in [6.45, 7) is 6.02. The molecule has 2 aliphatic rings. The minimum Gasteiger partial charge on any atom is -0.392 e. The van der Waals surface area contributed by atoms with Crippen molar-refractivity contribution in [1.82, 2.24) is 9.21 Å². The van der Waals surface area contributed by atoms with E-state index in [0.29, 0.717) is 49.6 Å². The number of fused-ring (bicyclic) bond motifs is 1. The zero-order chi connectivity index (χ0) is 26.6. The molecule has 37 heavy (non-hydrogen) atoms. The molecular weight excluding hydrogens is 488 g/mol. The Bertz CT molecular complexity index is 1310. The van der Waals surface area contributed by atoms with Crippen molar-refractivity contribution in [2.24, 2.45) is 10.7 Å². The number of sulfonamides is 1. The maximum atomic E-state index is 13.2. The van der Waals surface area contributed by atoms with Gasteiger partial charge in [0.05, 0.1) is 16.7 Å². The lowest BCUT2D eigenvalue weighted by Gasteiger charge is -2.29. The van der Waals surface area contributed by atoms with Gasteiger partial charge in [-0.2, -0.15) is 4.31 Å². The predicted octanol–water partition coefficient (Wildman–Crippen LogP) is 3.92. The highest BCUT2D eigenvalue weighted by atomic mass is 32.2. The number of β-amino-alcohol motifs (C(OH)–C–C–N with tert-alkyl or cyclic N) is 1. The molecule has 0 aliphatic carbocycles. The number of rotatable bonds is 8. The largest absolute Gasteiger partial charge is 0.392 e. The summed E-state index contributed by atoms with van der Waals surface area (Å²) in [6, 6.07) is 12.5. The summed E-state index contributed by atoms with van der Waals surface area (Å²) in [4.78, 5) is 19.9. The van der Waals surface area contributed by atoms with Crippen LogP contribution in [0.25, 0.3) is 17.2 Å². The van der Waals surface area contributed by atoms with E-state index in [1.54, 1.807) is 18.2 Å². The molecule has 1 saturated heterocycles. The maximum absolute atomic E-state index is 13.2. The van der Waals surface area contributed by atoms with Crippen molar-refractivity contribution in [3.05, 3.63) is 53.6 Å². The van der Waals surface area contributed by atoms with Crippen molar-refractivity contribution < 1.29 is 18.3 Å². The Morgan fingerprint density at radius 1 is 1.14 bits per heavy atom. The number of piperidine rings is 1. The van der Waals surface area contributed by atoms with Crippen LogP contribution in [0.5, 0.6) is 0 Å². The van der Waals surface area contributed by atoms with Gasteiger partial charge in [-0.1, -0.05) is 38.1 Å². The smallest absolute Gasteiger partial charge is 0.250 e. The first-order valence-corrected chi connectivity index (χ1v) is 14.4. The number of aliphatic hydroxyl groups is 1. The van der Waals surface area contributed by atoms with Gasteiger partial charge < -0.3 is 15.7 Å². The summed E-state index contributed by atoms with van der Waals surface area (Å²) in [5.74, 6) is 0.350. The van der Waals surface area contributed by atoms with E-state index >= 15 is 0 Å². The highest BCUT2D eigenvalue weighted by Crippen LogP contribution is 2.33. The van der Waals surface area contributed by atoms with E-state index in [2.05, 4.69) is 18.8 Å². The van der Waals surface area contributed by atoms with Gasteiger partial charge >= 0.3 is 0 Å². The number of hydrogen-bond donors (Lipinski definition) is 2. The highest BCUT2D eigenvalue weighted by Gasteiger charge is 2.29. The molecule has 1 atom stereocenters. The van der Waals surface area contributed by atoms with E-state index in [4.69, 9.17) is 5.73 Å². The average Bonchev–Trinajstić information content (AvgIpc) is 3.05. The monoisotopic (exact) mass is 524 g/mol. The lowest BCUT2D eigenvalue weighted by atomic mass is 10.0. The Morgan fingerprint density at radius 2 is 1.86 bits per heavy atom. The summed E-state index contributed by atoms with van der Waals surface area (Å²) in [5, 5.41) is 9.96. The lowest BCUT2D eigenvalue weighted by molar-refractivity contribution is -0.127. The minimum atomic E-state index is -3.72. The van der Waals surface area contributed by atoms with Crippen LogP contribution in [0.4, 0.5) is 5.69 Å². The van der Waals surface area contributed by atoms with Crippen LogP contribution < -0.4 is 5.73 Å². The van der Waals surface area contributed by atoms with Crippen LogP contribution in [0.1, 0.15) is 51.5 Å². The molecule has 2 heterocycles. The van der Waals surface area contributed by atoms with Crippen LogP contribution in [0, 0.1) is 0 Å². The van der Waals surface area contributed by atoms with Crippen molar-refractivity contribution in [2.45, 2.75) is 57.0 Å². The zero-order valence-electron chi connectivity index (χ0n) is 21.6. The molecule has 0 bridgehead atoms. The molecule has 8 nitrogen and oxygen atoms in total. The quantitative estimate of drug-likeness (QED) is 0.543. The third-order valence-corrected chi connectivity index (χ3v) is 8.57. The molecule has 1 fully saturated rings. The topological polar surface area (TPSA) is 116 Å². The summed E-state index contributed by atoms with van der Waals surface area (Å²) in [5.41, 5.74) is 9.81. The number of nitrogens with two attached hydrogens (primary N) is 1. The van der Waals surface area contributed by atoms with Crippen molar-refractivity contribution >= 4 is 33.5 Å². The van der Waals surface area contributed by atoms with Crippen LogP contribution in [0.15, 0.2) is 57.9 Å². The predicted molar refractivity (Wildman–Crippen MR) is 147 cm³/mol. The Kier molecular flexibility index (Phi) is 8.46. The third kappa shape index (κ3) is 6.11. The van der Waals surface area contributed by atoms with Gasteiger partial charge in [-0.25, -0.2) is 13.4 Å². The number of hydrogen-bond acceptors (Lipinski definition) is 6. The number of nitrogens with zero attached hydrogens (tertiary/aromatic N) is 3. The van der Waals surface area contributed by atoms with Gasteiger partial charge in [-0.05, 0) is 61.1 Å². The Hall–Kier alpha value is -3.01. The molecule has 3 N–H and O–H groups in total. The molecule has 0 unspecified atom stereocenters. The fourth-order valence-corrected chi connectivity index (χ4v) is 6.45. The van der Waals surface area contributed by atoms with Crippen LogP contribution in [-0.4, -0.2) is 66.8 Å². The average molecular weight is 525 g/mol. The number of amides is 1. The molecule has 2 aliphatic heterocycles. The molecule has 0 saturated carbocycles. The van der Waals surface area contributed by atoms with Gasteiger partial charge in [-0.15, -0.1) is 0 Å². The van der Waals surface area contributed by atoms with E-state index < -0.39 is 16.1 Å². The molecule has 0 radical (unpaired) electrons. The highest BCUT2D eigenvalue weighted by molar-refractivity contribution is 7.89. The Balaban J connectivity index is 1.65. The van der Waals surface area contributed by atoms with Crippen LogP contribution in [-0.2, 0) is 14.8 Å². The first-order chi connectivity index (χ1) is 17.7. The summed E-state index contributed by atoms with van der Waals surface area (Å²) < 4.78 is 27.8. The van der Waals surface area contributed by atoms with Crippen molar-refractivity contribution in [3.8, 4) is 11.1 Å². The number of benzene rings is 2. The number of carbonyl (C=O) groups is 1. The zero-order valence-corrected chi connectivity index (χ0v) is 22.4. The molecule has 0 aromatic heterocycles. The van der Waals surface area contributed by atoms with E-state index in [1.165, 1.54) is 4.31 Å². The minimum absolute atomic E-state index is 0.0143. The van der Waals surface area contributed by atoms with Crippen LogP contribution in [0.3, 0.4) is 0 Å². The lowest BCUT2D eigenvalue weighted by Crippen LogP contribution is -2.42. The van der Waals surface area contributed by atoms with Gasteiger partial charge in [0.2, 0.25) is 15.9 Å². The van der Waals surface area contributed by atoms with E-state index in [1.807, 2.05) is 35.2 Å². The first kappa shape index (κ1) is 27.0. The number of amidine groups is 1. The number of aliphatic hydroxyl groups excluding tert-OH is 1. The van der Waals surface area contributed by atoms with Gasteiger partial charge in [0.1, 0.15) is 5.84 Å². The second kappa shape index (κ2) is 11.6. The molecule has 2 aromatic rings. The SMILES string of the molecule is CCCN(CCC)C(=O)C1=Cc2ccc(-c3cccc(S(=O)(=O)N4CCC[C@H](O)C4)c3)cc2N=C(N)C1. The number of carbonyl (C=O) groups excluding carboxylic acids is 1. The number of aliphatic imine (C=N–C) groups is 1. The van der Waals surface area contributed by atoms with Gasteiger partial charge in [0, 0.05) is 43.7 Å². The molecule has 2 aromatic carbocycles. The molecule has 0 spiro atoms. The summed E-state index contributed by atoms with van der Waals surface area (Å²) in [7, 11) is -3.72. The van der Waals surface area contributed by atoms with E-state index in [9.17, 15) is 18.3 Å². The summed E-state index contributed by atoms with van der Waals surface area (Å²) in [6.07, 6.45) is 4.53. The van der Waals surface area contributed by atoms with Crippen LogP contribution in [0.2, 0.25) is 0 Å². The van der Waals surface area contributed by atoms with Gasteiger partial charge in [0.15, 0.2) is 0 Å². The van der Waals surface area contributed by atoms with E-state index in [0.717, 1.165) is 29.5 Å². The standard InChI is InChI=1S/C28H36N4O4S/c1-3-12-31(13-4-2)28(34)23-15-22-11-10-21(17-26(22)30-27(29)18-23)20-7-5-9-25(16-20)37(35,36)32-14-6-8-24(33)19-32/h5,7,9-11,15-17,24,33H,3-4,6,8,12-14,18-19H2,1-2H3,(H2,29,30)/t24-/m0/s1. The third-order valence-electron chi connectivity index (χ3n) is 6.71. The Labute approximate surface area is 219 Å². The summed E-state index contributed by atoms with van der Waals surface area (Å²) >= 11 is 0. The molecule has 198 valence electrons. The second-order valence-electron chi connectivity index (χ2n) is 9.70. The van der Waals surface area contributed by atoms with E-state index in [-0.39, 0.29) is 23.8 Å². The van der Waals surface area contributed by atoms with Crippen molar-refractivity contribution in [1.29, 1.82) is 0 Å². The fourth-order valence-electron chi connectivity index (χ4n) is 4.89. The molecular formula is C28H36N4O4S. The van der Waals surface area contributed by atoms with Crippen LogP contribution >= 0.6 is 0 Å². The molecule has 4 rings (SSSR count). The normalized spacial score (nSPS) is 18.4. The van der Waals surface area contributed by atoms with Crippen molar-refractivity contribution in [3.63, 3.8) is 0 Å². The second-order valence-corrected chi connectivity index (χ2v) is 11.6. The Morgan fingerprint density at radius 3 is 2.57 bits per heavy atom. The first-order valence-electron chi connectivity index (χ1n) is 13.0. The molecule has 1 amide bonds. The van der Waals surface area contributed by atoms with Gasteiger partial charge in [0.25, 0.3) is 0 Å².